The molecule has 0 atom stereocenters. The third-order valence-electron chi connectivity index (χ3n) is 2.90. The maximum Gasteiger partial charge on any atom is 0.321 e. The Bertz CT molecular complexity index is 585. The van der Waals surface area contributed by atoms with Gasteiger partial charge in [0.15, 0.2) is 0 Å². The minimum Gasteiger partial charge on any atom is -0.424 e. The van der Waals surface area contributed by atoms with Crippen molar-refractivity contribution in [1.29, 1.82) is 0 Å². The molecule has 1 heterocycles. The molecule has 112 valence electrons. The second kappa shape index (κ2) is 7.52. The third kappa shape index (κ3) is 5.10. The molecule has 4 nitrogen and oxygen atoms in total. The molecule has 0 unspecified atom stereocenters. The Kier molecular flexibility index (Phi) is 5.70. The van der Waals surface area contributed by atoms with Crippen molar-refractivity contribution in [2.24, 2.45) is 5.92 Å². The molecule has 2 rings (SSSR count). The maximum atomic E-state index is 5.70. The van der Waals surface area contributed by atoms with E-state index in [0.717, 1.165) is 34.4 Å². The highest BCUT2D eigenvalue weighted by Gasteiger charge is 2.04. The van der Waals surface area contributed by atoms with Gasteiger partial charge in [0.05, 0.1) is 0 Å². The largest absolute Gasteiger partial charge is 0.424 e. The van der Waals surface area contributed by atoms with Gasteiger partial charge in [0.1, 0.15) is 5.75 Å². The van der Waals surface area contributed by atoms with Crippen LogP contribution >= 0.6 is 15.9 Å². The highest BCUT2D eigenvalue weighted by molar-refractivity contribution is 9.10. The van der Waals surface area contributed by atoms with Crippen molar-refractivity contribution in [3.63, 3.8) is 0 Å². The van der Waals surface area contributed by atoms with E-state index in [1.807, 2.05) is 25.1 Å². The molecule has 0 aliphatic rings. The van der Waals surface area contributed by atoms with Gasteiger partial charge in [-0.05, 0) is 43.1 Å². The topological polar surface area (TPSA) is 47.0 Å². The summed E-state index contributed by atoms with van der Waals surface area (Å²) in [4.78, 5) is 8.50. The van der Waals surface area contributed by atoms with Crippen molar-refractivity contribution in [3.05, 3.63) is 46.2 Å². The third-order valence-corrected chi connectivity index (χ3v) is 3.39. The zero-order chi connectivity index (χ0) is 15.2. The number of aryl methyl sites for hydroxylation is 1. The summed E-state index contributed by atoms with van der Waals surface area (Å²) >= 11 is 3.43. The van der Waals surface area contributed by atoms with Crippen LogP contribution in [0.5, 0.6) is 11.8 Å². The van der Waals surface area contributed by atoms with Crippen LogP contribution in [0.2, 0.25) is 0 Å². The number of hydrogen-bond donors (Lipinski definition) is 1. The van der Waals surface area contributed by atoms with Crippen LogP contribution < -0.4 is 10.1 Å². The summed E-state index contributed by atoms with van der Waals surface area (Å²) < 4.78 is 6.73. The number of rotatable bonds is 6. The van der Waals surface area contributed by atoms with Crippen molar-refractivity contribution < 1.29 is 4.74 Å². The summed E-state index contributed by atoms with van der Waals surface area (Å²) in [6.45, 7) is 8.11. The first-order valence-corrected chi connectivity index (χ1v) is 7.79. The first kappa shape index (κ1) is 15.9. The monoisotopic (exact) mass is 349 g/mol. The summed E-state index contributed by atoms with van der Waals surface area (Å²) in [5, 5.41) is 3.36. The molecule has 0 aliphatic carbocycles. The van der Waals surface area contributed by atoms with Gasteiger partial charge in [0.2, 0.25) is 0 Å². The van der Waals surface area contributed by atoms with Gasteiger partial charge < -0.3 is 10.1 Å². The summed E-state index contributed by atoms with van der Waals surface area (Å²) in [6, 6.07) is 6.21. The van der Waals surface area contributed by atoms with E-state index < -0.39 is 0 Å². The second-order valence-corrected chi connectivity index (χ2v) is 6.33. The molecule has 0 aliphatic heterocycles. The number of ether oxygens (including phenoxy) is 1. The molecule has 0 fully saturated rings. The van der Waals surface area contributed by atoms with Crippen molar-refractivity contribution in [3.8, 4) is 11.8 Å². The van der Waals surface area contributed by atoms with Crippen LogP contribution in [0.3, 0.4) is 0 Å². The van der Waals surface area contributed by atoms with Crippen LogP contribution in [0, 0.1) is 12.8 Å². The lowest BCUT2D eigenvalue weighted by atomic mass is 10.2. The van der Waals surface area contributed by atoms with Crippen LogP contribution in [-0.4, -0.2) is 16.5 Å². The van der Waals surface area contributed by atoms with Crippen LogP contribution in [-0.2, 0) is 6.54 Å². The van der Waals surface area contributed by atoms with E-state index in [1.54, 1.807) is 12.4 Å². The molecular formula is C16H20BrN3O. The molecule has 0 saturated carbocycles. The van der Waals surface area contributed by atoms with Gasteiger partial charge >= 0.3 is 6.01 Å². The fraction of sp³-hybridized carbons (Fsp3) is 0.375. The average molecular weight is 350 g/mol. The molecule has 0 bridgehead atoms. The van der Waals surface area contributed by atoms with Gasteiger partial charge in [0.25, 0.3) is 0 Å². The molecule has 0 spiro atoms. The zero-order valence-electron chi connectivity index (χ0n) is 12.6. The Morgan fingerprint density at radius 2 is 1.95 bits per heavy atom. The molecule has 1 aromatic heterocycles. The van der Waals surface area contributed by atoms with E-state index in [2.05, 4.69) is 45.1 Å². The molecule has 0 radical (unpaired) electrons. The predicted octanol–water partition coefficient (Wildman–Crippen LogP) is 4.09. The second-order valence-electron chi connectivity index (χ2n) is 5.41. The van der Waals surface area contributed by atoms with E-state index in [4.69, 9.17) is 4.74 Å². The Balaban J connectivity index is 1.95. The number of halogens is 1. The van der Waals surface area contributed by atoms with Crippen LogP contribution in [0.25, 0.3) is 0 Å². The summed E-state index contributed by atoms with van der Waals surface area (Å²) in [7, 11) is 0. The van der Waals surface area contributed by atoms with Gasteiger partial charge in [-0.25, -0.2) is 9.97 Å². The standard InChI is InChI=1S/C16H20BrN3O/c1-11(2)7-18-8-13-9-19-16(20-10-13)21-15-5-4-14(17)6-12(15)3/h4-6,9-11,18H,7-8H2,1-3H3. The van der Waals surface area contributed by atoms with Crippen molar-refractivity contribution >= 4 is 15.9 Å². The molecule has 1 aromatic carbocycles. The first-order valence-electron chi connectivity index (χ1n) is 7.00. The van der Waals surface area contributed by atoms with Gasteiger partial charge in [-0.1, -0.05) is 29.8 Å². The quantitative estimate of drug-likeness (QED) is 0.853. The molecular weight excluding hydrogens is 330 g/mol. The molecule has 0 saturated heterocycles. The van der Waals surface area contributed by atoms with Crippen molar-refractivity contribution in [1.82, 2.24) is 15.3 Å². The number of hydrogen-bond acceptors (Lipinski definition) is 4. The summed E-state index contributed by atoms with van der Waals surface area (Å²) in [5.41, 5.74) is 2.09. The number of nitrogens with zero attached hydrogens (tertiary/aromatic N) is 2. The predicted molar refractivity (Wildman–Crippen MR) is 87.5 cm³/mol. The molecule has 2 aromatic rings. The van der Waals surface area contributed by atoms with E-state index in [-0.39, 0.29) is 0 Å². The lowest BCUT2D eigenvalue weighted by Crippen LogP contribution is -2.19. The van der Waals surface area contributed by atoms with Gasteiger partial charge in [-0.2, -0.15) is 0 Å². The number of aromatic nitrogens is 2. The fourth-order valence-electron chi connectivity index (χ4n) is 1.82. The van der Waals surface area contributed by atoms with E-state index in [9.17, 15) is 0 Å². The minimum absolute atomic E-state index is 0.369. The molecule has 21 heavy (non-hydrogen) atoms. The normalized spacial score (nSPS) is 10.9. The first-order chi connectivity index (χ1) is 10.0. The van der Waals surface area contributed by atoms with Crippen LogP contribution in [0.1, 0.15) is 25.0 Å². The van der Waals surface area contributed by atoms with E-state index in [1.165, 1.54) is 0 Å². The van der Waals surface area contributed by atoms with Crippen LogP contribution in [0.15, 0.2) is 35.1 Å². The Morgan fingerprint density at radius 3 is 2.57 bits per heavy atom. The van der Waals surface area contributed by atoms with Gasteiger partial charge in [0, 0.05) is 29.0 Å². The fourth-order valence-corrected chi connectivity index (χ4v) is 2.29. The lowest BCUT2D eigenvalue weighted by molar-refractivity contribution is 0.437. The summed E-state index contributed by atoms with van der Waals surface area (Å²) in [5.74, 6) is 1.40. The van der Waals surface area contributed by atoms with E-state index in [0.29, 0.717) is 11.9 Å². The van der Waals surface area contributed by atoms with Gasteiger partial charge in [-0.3, -0.25) is 0 Å². The molecule has 1 N–H and O–H groups in total. The average Bonchev–Trinajstić information content (AvgIpc) is 2.43. The Morgan fingerprint density at radius 1 is 1.24 bits per heavy atom. The SMILES string of the molecule is Cc1cc(Br)ccc1Oc1ncc(CNCC(C)C)cn1. The molecule has 5 heteroatoms. The lowest BCUT2D eigenvalue weighted by Gasteiger charge is -2.09. The summed E-state index contributed by atoms with van der Waals surface area (Å²) in [6.07, 6.45) is 3.59. The highest BCUT2D eigenvalue weighted by atomic mass is 79.9. The van der Waals surface area contributed by atoms with E-state index >= 15 is 0 Å². The highest BCUT2D eigenvalue weighted by Crippen LogP contribution is 2.25. The Labute approximate surface area is 134 Å². The maximum absolute atomic E-state index is 5.70. The minimum atomic E-state index is 0.369. The number of benzene rings is 1. The van der Waals surface area contributed by atoms with Crippen molar-refractivity contribution in [2.45, 2.75) is 27.3 Å². The Hall–Kier alpha value is -1.46. The number of nitrogens with one attached hydrogen (secondary N) is 1. The molecule has 0 amide bonds. The smallest absolute Gasteiger partial charge is 0.321 e. The van der Waals surface area contributed by atoms with Crippen LogP contribution in [0.4, 0.5) is 0 Å². The van der Waals surface area contributed by atoms with Crippen molar-refractivity contribution in [2.75, 3.05) is 6.54 Å². The van der Waals surface area contributed by atoms with Gasteiger partial charge in [-0.15, -0.1) is 0 Å². The zero-order valence-corrected chi connectivity index (χ0v) is 14.1.